The molecule has 0 aliphatic heterocycles. The standard InChI is InChI=1S/C18H24N2O2/c1-13-11-15(5-7-17(13)19)21-9-3-4-10-22-16-6-8-18(20)14(2)12-16/h5-8,11-12H,3-4,9-10,19-20H2,1-2H3. The van der Waals surface area contributed by atoms with E-state index < -0.39 is 0 Å². The van der Waals surface area contributed by atoms with Gasteiger partial charge < -0.3 is 20.9 Å². The van der Waals surface area contributed by atoms with Gasteiger partial charge in [-0.25, -0.2) is 0 Å². The van der Waals surface area contributed by atoms with Crippen LogP contribution < -0.4 is 20.9 Å². The van der Waals surface area contributed by atoms with E-state index in [1.165, 1.54) is 0 Å². The number of anilines is 2. The summed E-state index contributed by atoms with van der Waals surface area (Å²) in [4.78, 5) is 0. The van der Waals surface area contributed by atoms with Crippen LogP contribution in [0.3, 0.4) is 0 Å². The second-order valence-corrected chi connectivity index (χ2v) is 5.44. The van der Waals surface area contributed by atoms with Gasteiger partial charge in [-0.05, 0) is 74.2 Å². The van der Waals surface area contributed by atoms with E-state index in [0.29, 0.717) is 13.2 Å². The summed E-state index contributed by atoms with van der Waals surface area (Å²) in [6.07, 6.45) is 1.88. The number of nitrogens with two attached hydrogens (primary N) is 2. The quantitative estimate of drug-likeness (QED) is 0.604. The van der Waals surface area contributed by atoms with E-state index >= 15 is 0 Å². The molecular weight excluding hydrogens is 276 g/mol. The van der Waals surface area contributed by atoms with Crippen LogP contribution in [0.15, 0.2) is 36.4 Å². The molecule has 0 unspecified atom stereocenters. The van der Waals surface area contributed by atoms with Gasteiger partial charge in [-0.15, -0.1) is 0 Å². The van der Waals surface area contributed by atoms with Crippen molar-refractivity contribution in [3.05, 3.63) is 47.5 Å². The zero-order chi connectivity index (χ0) is 15.9. The first-order valence-corrected chi connectivity index (χ1v) is 7.54. The minimum Gasteiger partial charge on any atom is -0.494 e. The number of nitrogen functional groups attached to an aromatic ring is 2. The molecule has 0 aromatic heterocycles. The maximum Gasteiger partial charge on any atom is 0.119 e. The third kappa shape index (κ3) is 4.58. The van der Waals surface area contributed by atoms with Gasteiger partial charge in [-0.3, -0.25) is 0 Å². The molecule has 0 saturated carbocycles. The molecule has 2 aromatic rings. The Bertz CT molecular complexity index is 571. The molecule has 0 aliphatic rings. The van der Waals surface area contributed by atoms with Crippen LogP contribution in [0.1, 0.15) is 24.0 Å². The van der Waals surface area contributed by atoms with Crippen LogP contribution in [-0.2, 0) is 0 Å². The van der Waals surface area contributed by atoms with Gasteiger partial charge in [0.05, 0.1) is 13.2 Å². The van der Waals surface area contributed by atoms with Crippen molar-refractivity contribution in [2.45, 2.75) is 26.7 Å². The summed E-state index contributed by atoms with van der Waals surface area (Å²) in [6.45, 7) is 5.30. The highest BCUT2D eigenvalue weighted by Crippen LogP contribution is 2.20. The molecule has 0 amide bonds. The molecule has 2 rings (SSSR count). The normalized spacial score (nSPS) is 10.5. The fourth-order valence-corrected chi connectivity index (χ4v) is 2.06. The molecule has 0 heterocycles. The molecule has 2 aromatic carbocycles. The third-order valence-electron chi connectivity index (χ3n) is 3.56. The van der Waals surface area contributed by atoms with Crippen LogP contribution in [0.4, 0.5) is 11.4 Å². The van der Waals surface area contributed by atoms with Crippen LogP contribution in [-0.4, -0.2) is 13.2 Å². The van der Waals surface area contributed by atoms with Crippen LogP contribution in [0.2, 0.25) is 0 Å². The SMILES string of the molecule is Cc1cc(OCCCCOc2ccc(N)c(C)c2)ccc1N. The molecule has 4 nitrogen and oxygen atoms in total. The first-order valence-electron chi connectivity index (χ1n) is 7.54. The van der Waals surface area contributed by atoms with Crippen LogP contribution in [0, 0.1) is 13.8 Å². The van der Waals surface area contributed by atoms with Crippen molar-refractivity contribution in [3.63, 3.8) is 0 Å². The molecule has 0 atom stereocenters. The first kappa shape index (κ1) is 16.0. The van der Waals surface area contributed by atoms with Crippen molar-refractivity contribution in [2.75, 3.05) is 24.7 Å². The van der Waals surface area contributed by atoms with Gasteiger partial charge in [0, 0.05) is 11.4 Å². The minimum atomic E-state index is 0.674. The lowest BCUT2D eigenvalue weighted by Crippen LogP contribution is -2.03. The van der Waals surface area contributed by atoms with E-state index in [9.17, 15) is 0 Å². The average molecular weight is 300 g/mol. The smallest absolute Gasteiger partial charge is 0.119 e. The lowest BCUT2D eigenvalue weighted by molar-refractivity contribution is 0.266. The molecule has 0 saturated heterocycles. The van der Waals surface area contributed by atoms with Crippen molar-refractivity contribution < 1.29 is 9.47 Å². The molecule has 22 heavy (non-hydrogen) atoms. The summed E-state index contributed by atoms with van der Waals surface area (Å²) < 4.78 is 11.4. The Hall–Kier alpha value is -2.36. The molecule has 0 bridgehead atoms. The fraction of sp³-hybridized carbons (Fsp3) is 0.333. The summed E-state index contributed by atoms with van der Waals surface area (Å²) in [5.74, 6) is 1.73. The van der Waals surface area contributed by atoms with E-state index in [1.54, 1.807) is 0 Å². The summed E-state index contributed by atoms with van der Waals surface area (Å²) in [7, 11) is 0. The lowest BCUT2D eigenvalue weighted by atomic mass is 10.2. The van der Waals surface area contributed by atoms with Crippen LogP contribution >= 0.6 is 0 Å². The molecule has 4 heteroatoms. The number of hydrogen-bond donors (Lipinski definition) is 2. The van der Waals surface area contributed by atoms with E-state index in [0.717, 1.165) is 46.8 Å². The Labute approximate surface area is 132 Å². The van der Waals surface area contributed by atoms with E-state index in [-0.39, 0.29) is 0 Å². The highest BCUT2D eigenvalue weighted by Gasteiger charge is 2.00. The summed E-state index contributed by atoms with van der Waals surface area (Å²) >= 11 is 0. The van der Waals surface area contributed by atoms with Gasteiger partial charge in [0.2, 0.25) is 0 Å². The molecule has 4 N–H and O–H groups in total. The van der Waals surface area contributed by atoms with Gasteiger partial charge in [-0.2, -0.15) is 0 Å². The van der Waals surface area contributed by atoms with Crippen molar-refractivity contribution in [1.82, 2.24) is 0 Å². The van der Waals surface area contributed by atoms with Crippen molar-refractivity contribution in [3.8, 4) is 11.5 Å². The van der Waals surface area contributed by atoms with E-state index in [2.05, 4.69) is 0 Å². The highest BCUT2D eigenvalue weighted by molar-refractivity contribution is 5.50. The summed E-state index contributed by atoms with van der Waals surface area (Å²) in [6, 6.07) is 11.5. The number of hydrogen-bond acceptors (Lipinski definition) is 4. The summed E-state index contributed by atoms with van der Waals surface area (Å²) in [5.41, 5.74) is 15.2. The first-order chi connectivity index (χ1) is 10.6. The molecule has 0 fully saturated rings. The lowest BCUT2D eigenvalue weighted by Gasteiger charge is -2.10. The second kappa shape index (κ2) is 7.59. The zero-order valence-corrected chi connectivity index (χ0v) is 13.3. The maximum atomic E-state index is 5.78. The highest BCUT2D eigenvalue weighted by atomic mass is 16.5. The number of benzene rings is 2. The number of ether oxygens (including phenoxy) is 2. The van der Waals surface area contributed by atoms with Crippen molar-refractivity contribution in [1.29, 1.82) is 0 Å². The Morgan fingerprint density at radius 1 is 0.727 bits per heavy atom. The topological polar surface area (TPSA) is 70.5 Å². The van der Waals surface area contributed by atoms with Crippen LogP contribution in [0.25, 0.3) is 0 Å². The minimum absolute atomic E-state index is 0.674. The Kier molecular flexibility index (Phi) is 5.53. The van der Waals surface area contributed by atoms with Gasteiger partial charge >= 0.3 is 0 Å². The number of aryl methyl sites for hydroxylation is 2. The zero-order valence-electron chi connectivity index (χ0n) is 13.3. The summed E-state index contributed by atoms with van der Waals surface area (Å²) in [5, 5.41) is 0. The number of unbranched alkanes of at least 4 members (excludes halogenated alkanes) is 1. The van der Waals surface area contributed by atoms with Gasteiger partial charge in [0.1, 0.15) is 11.5 Å². The molecule has 118 valence electrons. The predicted octanol–water partition coefficient (Wildman–Crippen LogP) is 3.71. The molecular formula is C18H24N2O2. The molecule has 0 aliphatic carbocycles. The third-order valence-corrected chi connectivity index (χ3v) is 3.56. The van der Waals surface area contributed by atoms with Gasteiger partial charge in [-0.1, -0.05) is 0 Å². The van der Waals surface area contributed by atoms with E-state index in [4.69, 9.17) is 20.9 Å². The van der Waals surface area contributed by atoms with Crippen molar-refractivity contribution in [2.24, 2.45) is 0 Å². The fourth-order valence-electron chi connectivity index (χ4n) is 2.06. The Morgan fingerprint density at radius 3 is 1.50 bits per heavy atom. The molecule has 0 spiro atoms. The van der Waals surface area contributed by atoms with Gasteiger partial charge in [0.25, 0.3) is 0 Å². The Morgan fingerprint density at radius 2 is 1.14 bits per heavy atom. The average Bonchev–Trinajstić information content (AvgIpc) is 2.50. The monoisotopic (exact) mass is 300 g/mol. The van der Waals surface area contributed by atoms with Crippen molar-refractivity contribution >= 4 is 11.4 Å². The molecule has 0 radical (unpaired) electrons. The van der Waals surface area contributed by atoms with Crippen LogP contribution in [0.5, 0.6) is 11.5 Å². The Balaban J connectivity index is 1.65. The predicted molar refractivity (Wildman–Crippen MR) is 91.4 cm³/mol. The van der Waals surface area contributed by atoms with E-state index in [1.807, 2.05) is 50.2 Å². The second-order valence-electron chi connectivity index (χ2n) is 5.44. The van der Waals surface area contributed by atoms with Gasteiger partial charge in [0.15, 0.2) is 0 Å². The largest absolute Gasteiger partial charge is 0.494 e. The maximum absolute atomic E-state index is 5.78. The number of rotatable bonds is 7.